The Kier molecular flexibility index (Phi) is 3.62. The molecule has 0 spiro atoms. The van der Waals surface area contributed by atoms with Crippen molar-refractivity contribution in [3.8, 4) is 9.88 Å². The van der Waals surface area contributed by atoms with E-state index in [9.17, 15) is 4.79 Å². The second-order valence-electron chi connectivity index (χ2n) is 4.34. The van der Waals surface area contributed by atoms with Crippen LogP contribution in [-0.2, 0) is 0 Å². The van der Waals surface area contributed by atoms with E-state index in [1.54, 1.807) is 16.7 Å². The fourth-order valence-corrected chi connectivity index (χ4v) is 3.42. The van der Waals surface area contributed by atoms with Crippen LogP contribution in [0.5, 0.6) is 0 Å². The highest BCUT2D eigenvalue weighted by Gasteiger charge is 2.12. The van der Waals surface area contributed by atoms with Crippen molar-refractivity contribution in [1.29, 1.82) is 0 Å². The minimum atomic E-state index is -0.172. The van der Waals surface area contributed by atoms with E-state index in [2.05, 4.69) is 10.3 Å². The number of carbonyl (C=O) groups excluding carboxylic acids is 1. The van der Waals surface area contributed by atoms with E-state index in [-0.39, 0.29) is 5.91 Å². The Morgan fingerprint density at radius 3 is 2.85 bits per heavy atom. The second-order valence-corrected chi connectivity index (χ2v) is 6.14. The van der Waals surface area contributed by atoms with Gasteiger partial charge in [0, 0.05) is 11.1 Å². The van der Waals surface area contributed by atoms with Gasteiger partial charge >= 0.3 is 0 Å². The first-order valence-corrected chi connectivity index (χ1v) is 7.86. The lowest BCUT2D eigenvalue weighted by Crippen LogP contribution is -2.12. The minimum Gasteiger partial charge on any atom is -0.321 e. The number of nitrogens with zero attached hydrogens (tertiary/aromatic N) is 1. The normalized spacial score (nSPS) is 10.4. The zero-order valence-electron chi connectivity index (χ0n) is 10.8. The number of hydrogen-bond acceptors (Lipinski definition) is 4. The summed E-state index contributed by atoms with van der Waals surface area (Å²) >= 11 is 3.11. The van der Waals surface area contributed by atoms with Crippen LogP contribution in [0.2, 0.25) is 0 Å². The number of carbonyl (C=O) groups is 1. The SMILES string of the molecule is Cc1cccc(NC(=O)c2csc(-c3cccs3)n2)c1. The Bertz CT molecular complexity index is 732. The molecule has 0 atom stereocenters. The van der Waals surface area contributed by atoms with Crippen LogP contribution in [0.4, 0.5) is 5.69 Å². The predicted molar refractivity (Wildman–Crippen MR) is 84.6 cm³/mol. The number of anilines is 1. The molecular weight excluding hydrogens is 288 g/mol. The topological polar surface area (TPSA) is 42.0 Å². The molecular formula is C15H12N2OS2. The van der Waals surface area contributed by atoms with Crippen LogP contribution in [0.3, 0.4) is 0 Å². The maximum absolute atomic E-state index is 12.1. The van der Waals surface area contributed by atoms with Gasteiger partial charge in [0.25, 0.3) is 5.91 Å². The highest BCUT2D eigenvalue weighted by Crippen LogP contribution is 2.28. The molecule has 0 unspecified atom stereocenters. The quantitative estimate of drug-likeness (QED) is 0.777. The summed E-state index contributed by atoms with van der Waals surface area (Å²) in [7, 11) is 0. The summed E-state index contributed by atoms with van der Waals surface area (Å²) in [6.45, 7) is 1.99. The molecule has 3 aromatic rings. The van der Waals surface area contributed by atoms with Crippen molar-refractivity contribution in [2.75, 3.05) is 5.32 Å². The van der Waals surface area contributed by atoms with Crippen LogP contribution < -0.4 is 5.32 Å². The lowest BCUT2D eigenvalue weighted by molar-refractivity contribution is 0.102. The fourth-order valence-electron chi connectivity index (χ4n) is 1.81. The maximum atomic E-state index is 12.1. The smallest absolute Gasteiger partial charge is 0.275 e. The number of benzene rings is 1. The molecule has 3 rings (SSSR count). The Balaban J connectivity index is 1.78. The number of aromatic nitrogens is 1. The molecule has 0 aliphatic rings. The first-order chi connectivity index (χ1) is 9.72. The van der Waals surface area contributed by atoms with Crippen LogP contribution in [0.15, 0.2) is 47.2 Å². The highest BCUT2D eigenvalue weighted by atomic mass is 32.1. The molecule has 0 fully saturated rings. The van der Waals surface area contributed by atoms with Gasteiger partial charge in [-0.05, 0) is 36.1 Å². The van der Waals surface area contributed by atoms with Crippen molar-refractivity contribution in [3.05, 3.63) is 58.4 Å². The van der Waals surface area contributed by atoms with Gasteiger partial charge in [-0.25, -0.2) is 4.98 Å². The lowest BCUT2D eigenvalue weighted by Gasteiger charge is -2.03. The first kappa shape index (κ1) is 13.0. The first-order valence-electron chi connectivity index (χ1n) is 6.10. The molecule has 3 nitrogen and oxygen atoms in total. The maximum Gasteiger partial charge on any atom is 0.275 e. The summed E-state index contributed by atoms with van der Waals surface area (Å²) in [6.07, 6.45) is 0. The molecule has 5 heteroatoms. The number of aryl methyl sites for hydroxylation is 1. The zero-order chi connectivity index (χ0) is 13.9. The van der Waals surface area contributed by atoms with Gasteiger partial charge in [0.2, 0.25) is 0 Å². The van der Waals surface area contributed by atoms with Crippen molar-refractivity contribution in [3.63, 3.8) is 0 Å². The van der Waals surface area contributed by atoms with Crippen molar-refractivity contribution in [2.24, 2.45) is 0 Å². The molecule has 1 aromatic carbocycles. The van der Waals surface area contributed by atoms with E-state index in [1.165, 1.54) is 11.3 Å². The van der Waals surface area contributed by atoms with Crippen LogP contribution in [0.25, 0.3) is 9.88 Å². The molecule has 0 aliphatic heterocycles. The van der Waals surface area contributed by atoms with E-state index in [0.717, 1.165) is 21.1 Å². The lowest BCUT2D eigenvalue weighted by atomic mass is 10.2. The summed E-state index contributed by atoms with van der Waals surface area (Å²) in [5.41, 5.74) is 2.36. The molecule has 20 heavy (non-hydrogen) atoms. The van der Waals surface area contributed by atoms with E-state index in [1.807, 2.05) is 48.7 Å². The third kappa shape index (κ3) is 2.79. The predicted octanol–water partition coefficient (Wildman–Crippen LogP) is 4.43. The Morgan fingerprint density at radius 1 is 1.20 bits per heavy atom. The molecule has 0 aliphatic carbocycles. The van der Waals surface area contributed by atoms with Crippen LogP contribution in [-0.4, -0.2) is 10.9 Å². The number of hydrogen-bond donors (Lipinski definition) is 1. The third-order valence-electron chi connectivity index (χ3n) is 2.74. The third-order valence-corrected chi connectivity index (χ3v) is 4.63. The zero-order valence-corrected chi connectivity index (χ0v) is 12.4. The molecule has 1 amide bonds. The number of nitrogens with one attached hydrogen (secondary N) is 1. The number of amides is 1. The Labute approximate surface area is 124 Å². The summed E-state index contributed by atoms with van der Waals surface area (Å²) in [4.78, 5) is 17.6. The van der Waals surface area contributed by atoms with Crippen LogP contribution in [0.1, 0.15) is 16.1 Å². The summed E-state index contributed by atoms with van der Waals surface area (Å²) in [5, 5.41) is 7.55. The monoisotopic (exact) mass is 300 g/mol. The van der Waals surface area contributed by atoms with Gasteiger partial charge in [0.05, 0.1) is 4.88 Å². The Morgan fingerprint density at radius 2 is 2.10 bits per heavy atom. The van der Waals surface area contributed by atoms with E-state index in [4.69, 9.17) is 0 Å². The van der Waals surface area contributed by atoms with Crippen molar-refractivity contribution < 1.29 is 4.79 Å². The van der Waals surface area contributed by atoms with Gasteiger partial charge in [-0.3, -0.25) is 4.79 Å². The molecule has 100 valence electrons. The van der Waals surface area contributed by atoms with E-state index >= 15 is 0 Å². The molecule has 2 heterocycles. The second kappa shape index (κ2) is 5.56. The van der Waals surface area contributed by atoms with Crippen molar-refractivity contribution in [1.82, 2.24) is 4.98 Å². The van der Waals surface area contributed by atoms with Crippen LogP contribution in [0, 0.1) is 6.92 Å². The van der Waals surface area contributed by atoms with E-state index in [0.29, 0.717) is 5.69 Å². The molecule has 0 saturated carbocycles. The van der Waals surface area contributed by atoms with Crippen molar-refractivity contribution >= 4 is 34.3 Å². The average molecular weight is 300 g/mol. The fraction of sp³-hybridized carbons (Fsp3) is 0.0667. The van der Waals surface area contributed by atoms with Crippen LogP contribution >= 0.6 is 22.7 Å². The average Bonchev–Trinajstić information content (AvgIpc) is 3.10. The molecule has 0 saturated heterocycles. The van der Waals surface area contributed by atoms with Gasteiger partial charge in [-0.15, -0.1) is 22.7 Å². The largest absolute Gasteiger partial charge is 0.321 e. The molecule has 2 aromatic heterocycles. The van der Waals surface area contributed by atoms with Gasteiger partial charge in [0.1, 0.15) is 10.7 Å². The summed E-state index contributed by atoms with van der Waals surface area (Å²) in [5.74, 6) is -0.172. The van der Waals surface area contributed by atoms with Gasteiger partial charge in [-0.2, -0.15) is 0 Å². The Hall–Kier alpha value is -1.98. The standard InChI is InChI=1S/C15H12N2OS2/c1-10-4-2-5-11(8-10)16-14(18)12-9-20-15(17-12)13-6-3-7-19-13/h2-9H,1H3,(H,16,18). The summed E-state index contributed by atoms with van der Waals surface area (Å²) in [6, 6.07) is 11.7. The van der Waals surface area contributed by atoms with Gasteiger partial charge in [0.15, 0.2) is 0 Å². The minimum absolute atomic E-state index is 0.172. The number of thiazole rings is 1. The highest BCUT2D eigenvalue weighted by molar-refractivity contribution is 7.20. The number of thiophene rings is 1. The van der Waals surface area contributed by atoms with Crippen molar-refractivity contribution in [2.45, 2.75) is 6.92 Å². The molecule has 0 bridgehead atoms. The number of rotatable bonds is 3. The van der Waals surface area contributed by atoms with E-state index < -0.39 is 0 Å². The van der Waals surface area contributed by atoms with Gasteiger partial charge < -0.3 is 5.32 Å². The molecule has 0 radical (unpaired) electrons. The summed E-state index contributed by atoms with van der Waals surface area (Å²) < 4.78 is 0. The van der Waals surface area contributed by atoms with Gasteiger partial charge in [-0.1, -0.05) is 18.2 Å². The molecule has 1 N–H and O–H groups in total.